The lowest BCUT2D eigenvalue weighted by Gasteiger charge is -2.23. The van der Waals surface area contributed by atoms with E-state index in [1.807, 2.05) is 25.1 Å². The Bertz CT molecular complexity index is 1150. The Morgan fingerprint density at radius 3 is 2.48 bits per heavy atom. The van der Waals surface area contributed by atoms with E-state index in [0.717, 1.165) is 10.4 Å². The van der Waals surface area contributed by atoms with E-state index in [9.17, 15) is 14.7 Å². The third-order valence-electron chi connectivity index (χ3n) is 5.46. The second kappa shape index (κ2) is 8.17. The molecule has 0 aliphatic carbocycles. The van der Waals surface area contributed by atoms with E-state index in [1.165, 1.54) is 16.2 Å². The van der Waals surface area contributed by atoms with Crippen molar-refractivity contribution in [1.29, 1.82) is 0 Å². The van der Waals surface area contributed by atoms with Crippen LogP contribution in [0.1, 0.15) is 32.1 Å². The van der Waals surface area contributed by atoms with Crippen molar-refractivity contribution in [2.75, 3.05) is 19.1 Å². The molecule has 0 radical (unpaired) electrons. The minimum atomic E-state index is -1.90. The average Bonchev–Trinajstić information content (AvgIpc) is 3.30. The van der Waals surface area contributed by atoms with Gasteiger partial charge in [-0.3, -0.25) is 9.59 Å². The van der Waals surface area contributed by atoms with Crippen LogP contribution >= 0.6 is 11.3 Å². The largest absolute Gasteiger partial charge is 0.493 e. The van der Waals surface area contributed by atoms with Gasteiger partial charge in [-0.25, -0.2) is 0 Å². The number of aryl methyl sites for hydroxylation is 1. The molecule has 1 aliphatic heterocycles. The summed E-state index contributed by atoms with van der Waals surface area (Å²) in [5.41, 5.74) is -0.0467. The predicted octanol–water partition coefficient (Wildman–Crippen LogP) is 4.08. The number of thiophene rings is 1. The summed E-state index contributed by atoms with van der Waals surface area (Å²) in [7, 11) is 3.11. The lowest BCUT2D eigenvalue weighted by molar-refractivity contribution is -0.136. The molecule has 2 aromatic carbocycles. The van der Waals surface area contributed by atoms with Crippen LogP contribution in [0.5, 0.6) is 11.5 Å². The van der Waals surface area contributed by atoms with Gasteiger partial charge in [-0.15, -0.1) is 11.3 Å². The van der Waals surface area contributed by atoms with Gasteiger partial charge >= 0.3 is 0 Å². The molecule has 0 saturated carbocycles. The molecule has 1 amide bonds. The number of ketones is 1. The quantitative estimate of drug-likeness (QED) is 0.564. The van der Waals surface area contributed by atoms with Gasteiger partial charge in [0.25, 0.3) is 5.91 Å². The number of fused-ring (bicyclic) bond motifs is 1. The van der Waals surface area contributed by atoms with Gasteiger partial charge in [0, 0.05) is 10.4 Å². The zero-order valence-electron chi connectivity index (χ0n) is 17.5. The average molecular weight is 438 g/mol. The van der Waals surface area contributed by atoms with Crippen molar-refractivity contribution in [1.82, 2.24) is 0 Å². The summed E-state index contributed by atoms with van der Waals surface area (Å²) in [5, 5.41) is 11.4. The predicted molar refractivity (Wildman–Crippen MR) is 119 cm³/mol. The molecular formula is C24H23NO5S. The van der Waals surface area contributed by atoms with Crippen molar-refractivity contribution < 1.29 is 24.2 Å². The molecule has 1 aromatic heterocycles. The van der Waals surface area contributed by atoms with E-state index >= 15 is 0 Å². The molecule has 0 unspecified atom stereocenters. The lowest BCUT2D eigenvalue weighted by atomic mass is 9.89. The maximum atomic E-state index is 13.4. The molecule has 0 saturated heterocycles. The third-order valence-corrected chi connectivity index (χ3v) is 6.50. The Kier molecular flexibility index (Phi) is 5.56. The van der Waals surface area contributed by atoms with E-state index in [0.29, 0.717) is 27.6 Å². The van der Waals surface area contributed by atoms with Crippen molar-refractivity contribution in [3.8, 4) is 11.5 Å². The number of hydrogen-bond donors (Lipinski definition) is 1. The van der Waals surface area contributed by atoms with Crippen LogP contribution < -0.4 is 14.4 Å². The molecule has 0 bridgehead atoms. The summed E-state index contributed by atoms with van der Waals surface area (Å²) >= 11 is 1.36. The molecule has 1 aliphatic rings. The number of nitrogens with zero attached hydrogens (tertiary/aromatic N) is 1. The Hall–Kier alpha value is -3.16. The molecule has 0 spiro atoms. The van der Waals surface area contributed by atoms with Gasteiger partial charge in [0.15, 0.2) is 22.9 Å². The van der Waals surface area contributed by atoms with Crippen LogP contribution in [0, 0.1) is 6.92 Å². The highest BCUT2D eigenvalue weighted by Crippen LogP contribution is 2.44. The first kappa shape index (κ1) is 21.1. The van der Waals surface area contributed by atoms with Crippen LogP contribution in [0.25, 0.3) is 0 Å². The monoisotopic (exact) mass is 437 g/mol. The van der Waals surface area contributed by atoms with Gasteiger partial charge in [-0.2, -0.15) is 0 Å². The number of rotatable bonds is 7. The van der Waals surface area contributed by atoms with Crippen molar-refractivity contribution in [2.45, 2.75) is 25.5 Å². The van der Waals surface area contributed by atoms with Crippen LogP contribution in [0.4, 0.5) is 5.69 Å². The fraction of sp³-hybridized carbons (Fsp3) is 0.250. The standard InChI is InChI=1S/C24H23NO5S/c1-15-8-11-22(31-15)19(26)13-24(28)17-6-4-5-7-18(17)25(23(24)27)14-16-9-10-20(29-2)21(12-16)30-3/h4-12,28H,13-14H2,1-3H3/t24-/m1/s1. The molecule has 7 heteroatoms. The first-order chi connectivity index (χ1) is 14.9. The molecule has 1 N–H and O–H groups in total. The molecule has 2 heterocycles. The molecular weight excluding hydrogens is 414 g/mol. The lowest BCUT2D eigenvalue weighted by Crippen LogP contribution is -2.41. The van der Waals surface area contributed by atoms with Crippen LogP contribution in [0.15, 0.2) is 54.6 Å². The minimum absolute atomic E-state index is 0.227. The highest BCUT2D eigenvalue weighted by atomic mass is 32.1. The van der Waals surface area contributed by atoms with Crippen LogP contribution in [-0.2, 0) is 16.9 Å². The van der Waals surface area contributed by atoms with Gasteiger partial charge < -0.3 is 19.5 Å². The number of anilines is 1. The molecule has 4 rings (SSSR count). The smallest absolute Gasteiger partial charge is 0.264 e. The molecule has 1 atom stereocenters. The van der Waals surface area contributed by atoms with E-state index < -0.39 is 11.5 Å². The summed E-state index contributed by atoms with van der Waals surface area (Å²) in [6.45, 7) is 2.14. The van der Waals surface area contributed by atoms with Gasteiger partial charge in [-0.1, -0.05) is 24.3 Å². The first-order valence-electron chi connectivity index (χ1n) is 9.82. The van der Waals surface area contributed by atoms with Gasteiger partial charge in [0.2, 0.25) is 0 Å². The zero-order valence-corrected chi connectivity index (χ0v) is 18.4. The maximum absolute atomic E-state index is 13.4. The molecule has 160 valence electrons. The van der Waals surface area contributed by atoms with Crippen molar-refractivity contribution in [3.05, 3.63) is 75.5 Å². The number of Topliss-reactive ketones (excluding diaryl/α,β-unsaturated/α-hetero) is 1. The summed E-state index contributed by atoms with van der Waals surface area (Å²) < 4.78 is 10.6. The number of benzene rings is 2. The zero-order chi connectivity index (χ0) is 22.2. The number of hydrogen-bond acceptors (Lipinski definition) is 6. The van der Waals surface area contributed by atoms with Crippen molar-refractivity contribution in [3.63, 3.8) is 0 Å². The Labute approximate surface area is 184 Å². The molecule has 6 nitrogen and oxygen atoms in total. The summed E-state index contributed by atoms with van der Waals surface area (Å²) in [6.07, 6.45) is -0.300. The topological polar surface area (TPSA) is 76.1 Å². The van der Waals surface area contributed by atoms with E-state index in [4.69, 9.17) is 9.47 Å². The minimum Gasteiger partial charge on any atom is -0.493 e. The number of ether oxygens (including phenoxy) is 2. The van der Waals surface area contributed by atoms with Crippen LogP contribution in [0.2, 0.25) is 0 Å². The van der Waals surface area contributed by atoms with Crippen molar-refractivity contribution in [2.24, 2.45) is 0 Å². The maximum Gasteiger partial charge on any atom is 0.264 e. The first-order valence-corrected chi connectivity index (χ1v) is 10.6. The molecule has 0 fully saturated rings. The van der Waals surface area contributed by atoms with Crippen molar-refractivity contribution >= 4 is 28.7 Å². The fourth-order valence-corrected chi connectivity index (χ4v) is 4.70. The Morgan fingerprint density at radius 2 is 1.81 bits per heavy atom. The Balaban J connectivity index is 1.67. The second-order valence-electron chi connectivity index (χ2n) is 7.47. The number of amides is 1. The highest BCUT2D eigenvalue weighted by Gasteiger charge is 2.50. The van der Waals surface area contributed by atoms with Crippen LogP contribution in [-0.4, -0.2) is 31.0 Å². The third kappa shape index (κ3) is 3.71. The number of para-hydroxylation sites is 1. The van der Waals surface area contributed by atoms with Gasteiger partial charge in [0.05, 0.1) is 37.7 Å². The fourth-order valence-electron chi connectivity index (χ4n) is 3.90. The summed E-state index contributed by atoms with van der Waals surface area (Å²) in [4.78, 5) is 29.3. The second-order valence-corrected chi connectivity index (χ2v) is 8.76. The SMILES string of the molecule is COc1ccc(CN2C(=O)[C@@](O)(CC(=O)c3ccc(C)s3)c3ccccc32)cc1OC. The van der Waals surface area contributed by atoms with E-state index in [-0.39, 0.29) is 18.7 Å². The van der Waals surface area contributed by atoms with Gasteiger partial charge in [0.1, 0.15) is 0 Å². The van der Waals surface area contributed by atoms with E-state index in [2.05, 4.69) is 0 Å². The summed E-state index contributed by atoms with van der Waals surface area (Å²) in [5.74, 6) is 0.382. The molecule has 3 aromatic rings. The van der Waals surface area contributed by atoms with Gasteiger partial charge in [-0.05, 0) is 42.8 Å². The summed E-state index contributed by atoms with van der Waals surface area (Å²) in [6, 6.07) is 16.1. The Morgan fingerprint density at radius 1 is 1.06 bits per heavy atom. The number of aliphatic hydroxyl groups is 1. The normalized spacial score (nSPS) is 17.5. The van der Waals surface area contributed by atoms with E-state index in [1.54, 1.807) is 50.6 Å². The highest BCUT2D eigenvalue weighted by molar-refractivity contribution is 7.14. The number of methoxy groups -OCH3 is 2. The van der Waals surface area contributed by atoms with Crippen LogP contribution in [0.3, 0.4) is 0 Å². The number of carbonyl (C=O) groups excluding carboxylic acids is 2. The number of carbonyl (C=O) groups is 2. The molecule has 31 heavy (non-hydrogen) atoms.